The van der Waals surface area contributed by atoms with E-state index in [1.165, 1.54) is 0 Å². The van der Waals surface area contributed by atoms with Crippen molar-refractivity contribution in [2.24, 2.45) is 5.73 Å². The predicted octanol–water partition coefficient (Wildman–Crippen LogP) is 0.834. The third kappa shape index (κ3) is 4.47. The predicted molar refractivity (Wildman–Crippen MR) is 88.6 cm³/mol. The van der Waals surface area contributed by atoms with E-state index in [4.69, 9.17) is 18.0 Å². The number of hydrogen-bond acceptors (Lipinski definition) is 4. The van der Waals surface area contributed by atoms with E-state index in [-0.39, 0.29) is 16.8 Å². The lowest BCUT2D eigenvalue weighted by Gasteiger charge is -2.19. The van der Waals surface area contributed by atoms with Crippen molar-refractivity contribution in [2.45, 2.75) is 24.6 Å². The third-order valence-corrected chi connectivity index (χ3v) is 5.36. The third-order valence-electron chi connectivity index (χ3n) is 3.84. The zero-order valence-corrected chi connectivity index (χ0v) is 13.7. The molecular weight excluding hydrogens is 306 g/mol. The molecule has 1 aliphatic rings. The van der Waals surface area contributed by atoms with Crippen LogP contribution in [0.25, 0.3) is 0 Å². The van der Waals surface area contributed by atoms with Gasteiger partial charge in [-0.25, -0.2) is 13.1 Å². The molecular formula is C14H21N3O2S2. The highest BCUT2D eigenvalue weighted by Crippen LogP contribution is 2.15. The number of nitrogens with one attached hydrogen (secondary N) is 1. The Bertz CT molecular complexity index is 616. The van der Waals surface area contributed by atoms with Crippen molar-refractivity contribution in [3.8, 4) is 0 Å². The molecule has 1 aliphatic heterocycles. The van der Waals surface area contributed by atoms with Crippen molar-refractivity contribution in [3.05, 3.63) is 35.4 Å². The summed E-state index contributed by atoms with van der Waals surface area (Å²) in [6.07, 6.45) is 2.15. The van der Waals surface area contributed by atoms with Gasteiger partial charge in [0.15, 0.2) is 0 Å². The van der Waals surface area contributed by atoms with E-state index < -0.39 is 10.0 Å². The average molecular weight is 327 g/mol. The van der Waals surface area contributed by atoms with Gasteiger partial charge in [0.2, 0.25) is 10.0 Å². The number of nitrogens with zero attached hydrogens (tertiary/aromatic N) is 1. The number of sulfonamides is 1. The van der Waals surface area contributed by atoms with Gasteiger partial charge in [0.1, 0.15) is 4.99 Å². The van der Waals surface area contributed by atoms with Crippen molar-refractivity contribution in [2.75, 3.05) is 20.1 Å². The summed E-state index contributed by atoms with van der Waals surface area (Å²) in [5, 5.41) is 0. The highest BCUT2D eigenvalue weighted by atomic mass is 32.2. The largest absolute Gasteiger partial charge is 0.389 e. The number of thiocarbonyl (C=S) groups is 1. The molecule has 0 spiro atoms. The minimum absolute atomic E-state index is 0.100. The fraction of sp³-hybridized carbons (Fsp3) is 0.500. The minimum atomic E-state index is -3.39. The number of likely N-dealkylation sites (N-methyl/N-ethyl adjacent to an activating group) is 1. The van der Waals surface area contributed by atoms with Crippen LogP contribution in [0, 0.1) is 0 Å². The molecule has 0 aromatic heterocycles. The van der Waals surface area contributed by atoms with Gasteiger partial charge >= 0.3 is 0 Å². The second kappa shape index (κ2) is 6.83. The summed E-state index contributed by atoms with van der Waals surface area (Å²) >= 11 is 4.96. The van der Waals surface area contributed by atoms with Crippen LogP contribution in [0.1, 0.15) is 24.0 Å². The second-order valence-corrected chi connectivity index (χ2v) is 7.65. The standard InChI is InChI=1S/C14H21N3O2S2/c1-17-8-4-6-12(17)9-16-21(18,19)10-11-5-2-3-7-13(11)14(15)20/h2-3,5,7,12,16H,4,6,8-10H2,1H3,(H2,15,20). The molecule has 0 saturated carbocycles. The molecule has 3 N–H and O–H groups in total. The summed E-state index contributed by atoms with van der Waals surface area (Å²) in [7, 11) is -1.37. The van der Waals surface area contributed by atoms with Gasteiger partial charge in [-0.2, -0.15) is 0 Å². The fourth-order valence-corrected chi connectivity index (χ4v) is 4.01. The molecule has 1 fully saturated rings. The molecule has 1 saturated heterocycles. The van der Waals surface area contributed by atoms with Gasteiger partial charge in [-0.1, -0.05) is 36.5 Å². The molecule has 1 aromatic carbocycles. The Morgan fingerprint density at radius 3 is 2.81 bits per heavy atom. The van der Waals surface area contributed by atoms with Crippen LogP contribution in [-0.4, -0.2) is 44.5 Å². The van der Waals surface area contributed by atoms with E-state index in [0.29, 0.717) is 17.7 Å². The zero-order chi connectivity index (χ0) is 15.5. The lowest BCUT2D eigenvalue weighted by atomic mass is 10.1. The molecule has 1 aromatic rings. The maximum absolute atomic E-state index is 12.2. The quantitative estimate of drug-likeness (QED) is 0.757. The molecule has 21 heavy (non-hydrogen) atoms. The minimum Gasteiger partial charge on any atom is -0.389 e. The summed E-state index contributed by atoms with van der Waals surface area (Å²) in [5.41, 5.74) is 6.89. The van der Waals surface area contributed by atoms with Crippen molar-refractivity contribution < 1.29 is 8.42 Å². The van der Waals surface area contributed by atoms with Gasteiger partial charge in [0, 0.05) is 18.2 Å². The molecule has 0 aliphatic carbocycles. The summed E-state index contributed by atoms with van der Waals surface area (Å²) < 4.78 is 27.1. The number of rotatable bonds is 6. The van der Waals surface area contributed by atoms with E-state index >= 15 is 0 Å². The lowest BCUT2D eigenvalue weighted by Crippen LogP contribution is -2.38. The normalized spacial score (nSPS) is 19.8. The van der Waals surface area contributed by atoms with Crippen LogP contribution in [0.3, 0.4) is 0 Å². The molecule has 116 valence electrons. The molecule has 1 unspecified atom stereocenters. The maximum Gasteiger partial charge on any atom is 0.215 e. The molecule has 2 rings (SSSR count). The number of hydrogen-bond donors (Lipinski definition) is 2. The monoisotopic (exact) mass is 327 g/mol. The van der Waals surface area contributed by atoms with Crippen molar-refractivity contribution >= 4 is 27.2 Å². The van der Waals surface area contributed by atoms with Crippen LogP contribution >= 0.6 is 12.2 Å². The van der Waals surface area contributed by atoms with Gasteiger partial charge in [-0.05, 0) is 32.0 Å². The lowest BCUT2D eigenvalue weighted by molar-refractivity contribution is 0.311. The van der Waals surface area contributed by atoms with Gasteiger partial charge in [-0.15, -0.1) is 0 Å². The van der Waals surface area contributed by atoms with E-state index in [0.717, 1.165) is 19.4 Å². The molecule has 1 heterocycles. The van der Waals surface area contributed by atoms with Crippen LogP contribution in [0.15, 0.2) is 24.3 Å². The van der Waals surface area contributed by atoms with Gasteiger partial charge in [0.25, 0.3) is 0 Å². The number of likely N-dealkylation sites (tertiary alicyclic amines) is 1. The van der Waals surface area contributed by atoms with Gasteiger partial charge in [0.05, 0.1) is 5.75 Å². The summed E-state index contributed by atoms with van der Waals surface area (Å²) in [6.45, 7) is 1.48. The Morgan fingerprint density at radius 1 is 1.48 bits per heavy atom. The Hall–Kier alpha value is -1.02. The van der Waals surface area contributed by atoms with E-state index in [9.17, 15) is 8.42 Å². The molecule has 0 radical (unpaired) electrons. The maximum atomic E-state index is 12.2. The van der Waals surface area contributed by atoms with Crippen molar-refractivity contribution in [1.82, 2.24) is 9.62 Å². The smallest absolute Gasteiger partial charge is 0.215 e. The van der Waals surface area contributed by atoms with Gasteiger partial charge in [-0.3, -0.25) is 0 Å². The van der Waals surface area contributed by atoms with Crippen LogP contribution in [0.2, 0.25) is 0 Å². The topological polar surface area (TPSA) is 75.4 Å². The van der Waals surface area contributed by atoms with Crippen LogP contribution < -0.4 is 10.5 Å². The average Bonchev–Trinajstić information content (AvgIpc) is 2.82. The van der Waals surface area contributed by atoms with Crippen LogP contribution in [0.5, 0.6) is 0 Å². The SMILES string of the molecule is CN1CCCC1CNS(=O)(=O)Cc1ccccc1C(N)=S. The molecule has 0 bridgehead atoms. The van der Waals surface area contributed by atoms with Gasteiger partial charge < -0.3 is 10.6 Å². The van der Waals surface area contributed by atoms with Crippen LogP contribution in [0.4, 0.5) is 0 Å². The molecule has 7 heteroatoms. The summed E-state index contributed by atoms with van der Waals surface area (Å²) in [5.74, 6) is -0.100. The first-order chi connectivity index (χ1) is 9.89. The van der Waals surface area contributed by atoms with Crippen molar-refractivity contribution in [1.29, 1.82) is 0 Å². The summed E-state index contributed by atoms with van der Waals surface area (Å²) in [4.78, 5) is 2.40. The van der Waals surface area contributed by atoms with E-state index in [1.807, 2.05) is 7.05 Å². The first kappa shape index (κ1) is 16.4. The number of nitrogens with two attached hydrogens (primary N) is 1. The Labute approximate surface area is 131 Å². The Kier molecular flexibility index (Phi) is 5.32. The summed E-state index contributed by atoms with van der Waals surface area (Å²) in [6, 6.07) is 7.36. The van der Waals surface area contributed by atoms with E-state index in [2.05, 4.69) is 9.62 Å². The highest BCUT2D eigenvalue weighted by molar-refractivity contribution is 7.88. The Morgan fingerprint density at radius 2 is 2.19 bits per heavy atom. The molecule has 0 amide bonds. The second-order valence-electron chi connectivity index (χ2n) is 5.41. The Balaban J connectivity index is 2.02. The number of benzene rings is 1. The molecule has 1 atom stereocenters. The molecule has 5 nitrogen and oxygen atoms in total. The first-order valence-electron chi connectivity index (χ1n) is 6.94. The van der Waals surface area contributed by atoms with Crippen molar-refractivity contribution in [3.63, 3.8) is 0 Å². The first-order valence-corrected chi connectivity index (χ1v) is 9.00. The zero-order valence-electron chi connectivity index (χ0n) is 12.1. The highest BCUT2D eigenvalue weighted by Gasteiger charge is 2.23. The van der Waals surface area contributed by atoms with E-state index in [1.54, 1.807) is 24.3 Å². The van der Waals surface area contributed by atoms with Crippen LogP contribution in [-0.2, 0) is 15.8 Å². The fourth-order valence-electron chi connectivity index (χ4n) is 2.60.